The summed E-state index contributed by atoms with van der Waals surface area (Å²) in [5, 5.41) is 3.43. The Morgan fingerprint density at radius 1 is 1.33 bits per heavy atom. The van der Waals surface area contributed by atoms with Crippen molar-refractivity contribution in [3.05, 3.63) is 24.5 Å². The molecule has 0 bridgehead atoms. The van der Waals surface area contributed by atoms with Gasteiger partial charge in [-0.25, -0.2) is 0 Å². The summed E-state index contributed by atoms with van der Waals surface area (Å²) in [4.78, 5) is 0. The molecule has 1 saturated heterocycles. The van der Waals surface area contributed by atoms with Gasteiger partial charge in [0.1, 0.15) is 0 Å². The summed E-state index contributed by atoms with van der Waals surface area (Å²) in [6, 6.07) is 4.19. The number of hydrogen-bond donors (Lipinski definition) is 1. The van der Waals surface area contributed by atoms with Gasteiger partial charge >= 0.3 is 0 Å². The lowest BCUT2D eigenvalue weighted by Gasteiger charge is -2.22. The molecule has 2 heteroatoms. The summed E-state index contributed by atoms with van der Waals surface area (Å²) in [7, 11) is 0. The fourth-order valence-electron chi connectivity index (χ4n) is 1.87. The van der Waals surface area contributed by atoms with Crippen molar-refractivity contribution in [1.82, 2.24) is 9.88 Å². The number of aromatic nitrogens is 1. The van der Waals surface area contributed by atoms with E-state index in [-0.39, 0.29) is 0 Å². The van der Waals surface area contributed by atoms with Crippen LogP contribution >= 0.6 is 0 Å². The Kier molecular flexibility index (Phi) is 2.47. The Morgan fingerprint density at radius 3 is 2.83 bits per heavy atom. The van der Waals surface area contributed by atoms with Crippen LogP contribution in [0.4, 0.5) is 0 Å². The Morgan fingerprint density at radius 2 is 2.17 bits per heavy atom. The van der Waals surface area contributed by atoms with Crippen LogP contribution < -0.4 is 5.32 Å². The number of piperidine rings is 1. The molecule has 66 valence electrons. The summed E-state index contributed by atoms with van der Waals surface area (Å²) in [5.74, 6) is 0.839. The zero-order valence-electron chi connectivity index (χ0n) is 7.37. The van der Waals surface area contributed by atoms with Crippen molar-refractivity contribution in [1.29, 1.82) is 0 Å². The Balaban J connectivity index is 1.86. The van der Waals surface area contributed by atoms with Crippen LogP contribution in [0.25, 0.3) is 0 Å². The molecule has 1 atom stereocenters. The third kappa shape index (κ3) is 1.89. The highest BCUT2D eigenvalue weighted by molar-refractivity contribution is 4.91. The predicted octanol–water partition coefficient (Wildman–Crippen LogP) is 1.49. The van der Waals surface area contributed by atoms with E-state index in [9.17, 15) is 0 Å². The molecule has 1 aromatic heterocycles. The van der Waals surface area contributed by atoms with Crippen molar-refractivity contribution < 1.29 is 0 Å². The molecule has 0 unspecified atom stereocenters. The minimum Gasteiger partial charge on any atom is -0.354 e. The van der Waals surface area contributed by atoms with Gasteiger partial charge in [0, 0.05) is 18.9 Å². The highest BCUT2D eigenvalue weighted by Crippen LogP contribution is 2.12. The zero-order chi connectivity index (χ0) is 8.23. The van der Waals surface area contributed by atoms with Crippen LogP contribution in [-0.2, 0) is 6.54 Å². The van der Waals surface area contributed by atoms with E-state index in [0.29, 0.717) is 0 Å². The van der Waals surface area contributed by atoms with Crippen LogP contribution in [0.2, 0.25) is 0 Å². The first-order chi connectivity index (χ1) is 5.95. The zero-order valence-corrected chi connectivity index (χ0v) is 7.37. The molecular weight excluding hydrogens is 148 g/mol. The quantitative estimate of drug-likeness (QED) is 0.700. The fourth-order valence-corrected chi connectivity index (χ4v) is 1.87. The van der Waals surface area contributed by atoms with Crippen LogP contribution in [0.15, 0.2) is 24.5 Å². The molecule has 0 aliphatic carbocycles. The molecule has 12 heavy (non-hydrogen) atoms. The average Bonchev–Trinajstić information content (AvgIpc) is 2.59. The average molecular weight is 164 g/mol. The van der Waals surface area contributed by atoms with E-state index in [1.807, 2.05) is 0 Å². The number of hydrogen-bond acceptors (Lipinski definition) is 1. The van der Waals surface area contributed by atoms with Crippen LogP contribution in [0, 0.1) is 5.92 Å². The van der Waals surface area contributed by atoms with E-state index in [1.54, 1.807) is 0 Å². The predicted molar refractivity (Wildman–Crippen MR) is 50.0 cm³/mol. The van der Waals surface area contributed by atoms with Crippen LogP contribution in [0.1, 0.15) is 12.8 Å². The first-order valence-electron chi connectivity index (χ1n) is 4.76. The monoisotopic (exact) mass is 164 g/mol. The van der Waals surface area contributed by atoms with Crippen molar-refractivity contribution in [3.63, 3.8) is 0 Å². The van der Waals surface area contributed by atoms with Crippen molar-refractivity contribution >= 4 is 0 Å². The number of nitrogens with zero attached hydrogens (tertiary/aromatic N) is 1. The molecule has 1 N–H and O–H groups in total. The molecule has 1 aliphatic rings. The standard InChI is InChI=1S/C10H16N2/c1-2-7-12(6-1)9-10-4-3-5-11-8-10/h1-2,6-7,10-11H,3-5,8-9H2/t10-/m0/s1. The fraction of sp³-hybridized carbons (Fsp3) is 0.600. The van der Waals surface area contributed by atoms with E-state index in [2.05, 4.69) is 34.4 Å². The lowest BCUT2D eigenvalue weighted by Crippen LogP contribution is -2.31. The summed E-state index contributed by atoms with van der Waals surface area (Å²) < 4.78 is 2.28. The first kappa shape index (κ1) is 7.87. The lowest BCUT2D eigenvalue weighted by molar-refractivity contribution is 0.337. The van der Waals surface area contributed by atoms with Gasteiger partial charge in [-0.3, -0.25) is 0 Å². The van der Waals surface area contributed by atoms with Gasteiger partial charge in [-0.05, 0) is 44.0 Å². The molecule has 0 spiro atoms. The highest BCUT2D eigenvalue weighted by Gasteiger charge is 2.12. The van der Waals surface area contributed by atoms with Gasteiger partial charge in [0.2, 0.25) is 0 Å². The van der Waals surface area contributed by atoms with Gasteiger partial charge < -0.3 is 9.88 Å². The maximum atomic E-state index is 3.43. The van der Waals surface area contributed by atoms with Gasteiger partial charge in [0.25, 0.3) is 0 Å². The van der Waals surface area contributed by atoms with Crippen molar-refractivity contribution in [3.8, 4) is 0 Å². The Hall–Kier alpha value is -0.760. The summed E-state index contributed by atoms with van der Waals surface area (Å²) in [6.07, 6.45) is 7.01. The molecule has 2 nitrogen and oxygen atoms in total. The number of nitrogens with one attached hydrogen (secondary N) is 1. The topological polar surface area (TPSA) is 17.0 Å². The molecule has 0 amide bonds. The van der Waals surface area contributed by atoms with Crippen LogP contribution in [-0.4, -0.2) is 17.7 Å². The van der Waals surface area contributed by atoms with Crippen LogP contribution in [0.5, 0.6) is 0 Å². The summed E-state index contributed by atoms with van der Waals surface area (Å²) in [6.45, 7) is 3.58. The molecule has 1 fully saturated rings. The Bertz CT molecular complexity index is 210. The van der Waals surface area contributed by atoms with Gasteiger partial charge in [-0.15, -0.1) is 0 Å². The molecule has 0 aromatic carbocycles. The molecular formula is C10H16N2. The molecule has 2 rings (SSSR count). The van der Waals surface area contributed by atoms with E-state index in [4.69, 9.17) is 0 Å². The summed E-state index contributed by atoms with van der Waals surface area (Å²) in [5.41, 5.74) is 0. The third-order valence-corrected chi connectivity index (χ3v) is 2.53. The Labute approximate surface area is 73.6 Å². The molecule has 1 aliphatic heterocycles. The largest absolute Gasteiger partial charge is 0.354 e. The molecule has 2 heterocycles. The van der Waals surface area contributed by atoms with Crippen LogP contribution in [0.3, 0.4) is 0 Å². The maximum absolute atomic E-state index is 3.43. The number of rotatable bonds is 2. The molecule has 0 saturated carbocycles. The molecule has 1 aromatic rings. The van der Waals surface area contributed by atoms with Crippen molar-refractivity contribution in [2.45, 2.75) is 19.4 Å². The second kappa shape index (κ2) is 3.76. The third-order valence-electron chi connectivity index (χ3n) is 2.53. The van der Waals surface area contributed by atoms with Gasteiger partial charge in [-0.2, -0.15) is 0 Å². The second-order valence-corrected chi connectivity index (χ2v) is 3.59. The van der Waals surface area contributed by atoms with Crippen molar-refractivity contribution in [2.24, 2.45) is 5.92 Å². The first-order valence-corrected chi connectivity index (χ1v) is 4.76. The second-order valence-electron chi connectivity index (χ2n) is 3.59. The van der Waals surface area contributed by atoms with Crippen molar-refractivity contribution in [2.75, 3.05) is 13.1 Å². The van der Waals surface area contributed by atoms with Gasteiger partial charge in [0.05, 0.1) is 0 Å². The van der Waals surface area contributed by atoms with E-state index in [0.717, 1.165) is 5.92 Å². The summed E-state index contributed by atoms with van der Waals surface area (Å²) >= 11 is 0. The SMILES string of the molecule is c1ccn(C[C@H]2CCCNC2)c1. The minimum absolute atomic E-state index is 0.839. The lowest BCUT2D eigenvalue weighted by atomic mass is 10.00. The van der Waals surface area contributed by atoms with Gasteiger partial charge in [0.15, 0.2) is 0 Å². The van der Waals surface area contributed by atoms with Gasteiger partial charge in [-0.1, -0.05) is 0 Å². The highest BCUT2D eigenvalue weighted by atomic mass is 15.0. The minimum atomic E-state index is 0.839. The normalized spacial score (nSPS) is 24.2. The van der Waals surface area contributed by atoms with E-state index >= 15 is 0 Å². The maximum Gasteiger partial charge on any atom is 0.0260 e. The van der Waals surface area contributed by atoms with E-state index in [1.165, 1.54) is 32.5 Å². The molecule has 0 radical (unpaired) electrons. The smallest absolute Gasteiger partial charge is 0.0260 e. The van der Waals surface area contributed by atoms with E-state index < -0.39 is 0 Å².